The van der Waals surface area contributed by atoms with Gasteiger partial charge in [-0.1, -0.05) is 0 Å². The second-order valence-electron chi connectivity index (χ2n) is 3.87. The highest BCUT2D eigenvalue weighted by Gasteiger charge is 2.05. The van der Waals surface area contributed by atoms with Gasteiger partial charge in [-0.3, -0.25) is 0 Å². The molecular weight excluding hydrogens is 232 g/mol. The topological polar surface area (TPSA) is 29.5 Å². The minimum absolute atomic E-state index is 0.0400. The fraction of sp³-hybridized carbons (Fsp3) is 0.286. The average molecular weight is 248 g/mol. The molecule has 3 heteroatoms. The lowest BCUT2D eigenvalue weighted by atomic mass is 10.1. The van der Waals surface area contributed by atoms with Crippen LogP contribution in [-0.4, -0.2) is 11.7 Å². The van der Waals surface area contributed by atoms with Crippen LogP contribution in [-0.2, 0) is 6.61 Å². The van der Waals surface area contributed by atoms with E-state index >= 15 is 0 Å². The van der Waals surface area contributed by atoms with Gasteiger partial charge in [-0.25, -0.2) is 0 Å². The Morgan fingerprint density at radius 3 is 2.65 bits per heavy atom. The molecule has 2 rings (SSSR count). The van der Waals surface area contributed by atoms with E-state index in [1.54, 1.807) is 11.3 Å². The van der Waals surface area contributed by atoms with Crippen LogP contribution in [0.25, 0.3) is 10.4 Å². The second kappa shape index (κ2) is 5.34. The van der Waals surface area contributed by atoms with Gasteiger partial charge < -0.3 is 9.84 Å². The number of thiophene rings is 1. The first kappa shape index (κ1) is 12.1. The number of ether oxygens (including phenoxy) is 1. The van der Waals surface area contributed by atoms with Crippen LogP contribution in [0.3, 0.4) is 0 Å². The summed E-state index contributed by atoms with van der Waals surface area (Å²) in [6, 6.07) is 10.1. The van der Waals surface area contributed by atoms with Gasteiger partial charge in [0.1, 0.15) is 5.75 Å². The molecule has 1 aromatic heterocycles. The summed E-state index contributed by atoms with van der Waals surface area (Å²) in [4.78, 5) is 2.49. The number of hydrogen-bond acceptors (Lipinski definition) is 3. The molecule has 2 aromatic rings. The average Bonchev–Trinajstić information content (AvgIpc) is 2.76. The molecule has 0 fully saturated rings. The van der Waals surface area contributed by atoms with E-state index in [2.05, 4.69) is 19.1 Å². The first-order chi connectivity index (χ1) is 8.22. The lowest BCUT2D eigenvalue weighted by Gasteiger charge is -2.08. The van der Waals surface area contributed by atoms with Crippen LogP contribution in [0.15, 0.2) is 30.3 Å². The van der Waals surface area contributed by atoms with Crippen molar-refractivity contribution in [2.24, 2.45) is 0 Å². The Kier molecular flexibility index (Phi) is 3.82. The zero-order valence-corrected chi connectivity index (χ0v) is 10.9. The molecule has 0 amide bonds. The van der Waals surface area contributed by atoms with Crippen molar-refractivity contribution in [1.29, 1.82) is 0 Å². The van der Waals surface area contributed by atoms with Crippen LogP contribution in [0.1, 0.15) is 17.4 Å². The summed E-state index contributed by atoms with van der Waals surface area (Å²) in [5.41, 5.74) is 2.00. The van der Waals surface area contributed by atoms with Gasteiger partial charge in [0.2, 0.25) is 0 Å². The molecule has 0 aliphatic rings. The van der Waals surface area contributed by atoms with Crippen molar-refractivity contribution in [1.82, 2.24) is 0 Å². The van der Waals surface area contributed by atoms with E-state index in [9.17, 15) is 5.11 Å². The summed E-state index contributed by atoms with van der Waals surface area (Å²) in [5, 5.41) is 9.25. The third-order valence-electron chi connectivity index (χ3n) is 2.48. The monoisotopic (exact) mass is 248 g/mol. The Labute approximate surface area is 105 Å². The maximum Gasteiger partial charge on any atom is 0.120 e. The molecule has 0 saturated heterocycles. The van der Waals surface area contributed by atoms with Gasteiger partial charge in [0.15, 0.2) is 0 Å². The van der Waals surface area contributed by atoms with Gasteiger partial charge in [-0.2, -0.15) is 0 Å². The largest absolute Gasteiger partial charge is 0.494 e. The normalized spacial score (nSPS) is 10.5. The number of rotatable bonds is 4. The lowest BCUT2D eigenvalue weighted by Crippen LogP contribution is -1.93. The van der Waals surface area contributed by atoms with Crippen molar-refractivity contribution in [3.63, 3.8) is 0 Å². The summed E-state index contributed by atoms with van der Waals surface area (Å²) < 4.78 is 5.51. The highest BCUT2D eigenvalue weighted by Crippen LogP contribution is 2.31. The third kappa shape index (κ3) is 2.87. The Hall–Kier alpha value is -1.32. The van der Waals surface area contributed by atoms with Gasteiger partial charge in [-0.15, -0.1) is 11.3 Å². The molecule has 1 heterocycles. The molecule has 90 valence electrons. The molecular formula is C14H16O2S. The standard InChI is InChI=1S/C14H16O2S/c1-3-16-13-7-11(9-15)6-12(8-13)14-5-4-10(2)17-14/h4-8,15H,3,9H2,1-2H3. The molecule has 0 aliphatic carbocycles. The van der Waals surface area contributed by atoms with Crippen LogP contribution in [0.5, 0.6) is 5.75 Å². The molecule has 1 aromatic carbocycles. The van der Waals surface area contributed by atoms with Crippen molar-refractivity contribution in [2.75, 3.05) is 6.61 Å². The summed E-state index contributed by atoms with van der Waals surface area (Å²) >= 11 is 1.75. The van der Waals surface area contributed by atoms with Gasteiger partial charge >= 0.3 is 0 Å². The van der Waals surface area contributed by atoms with E-state index in [1.807, 2.05) is 25.1 Å². The highest BCUT2D eigenvalue weighted by molar-refractivity contribution is 7.15. The van der Waals surface area contributed by atoms with Crippen LogP contribution >= 0.6 is 11.3 Å². The number of hydrogen-bond donors (Lipinski definition) is 1. The summed E-state index contributed by atoms with van der Waals surface area (Å²) in [7, 11) is 0. The van der Waals surface area contributed by atoms with Crippen molar-refractivity contribution >= 4 is 11.3 Å². The minimum Gasteiger partial charge on any atom is -0.494 e. The Bertz CT molecular complexity index is 503. The highest BCUT2D eigenvalue weighted by atomic mass is 32.1. The van der Waals surface area contributed by atoms with E-state index in [-0.39, 0.29) is 6.61 Å². The molecule has 0 unspecified atom stereocenters. The quantitative estimate of drug-likeness (QED) is 0.895. The maximum absolute atomic E-state index is 9.25. The minimum atomic E-state index is 0.0400. The molecule has 0 spiro atoms. The summed E-state index contributed by atoms with van der Waals surface area (Å²) in [6.07, 6.45) is 0. The van der Waals surface area contributed by atoms with E-state index < -0.39 is 0 Å². The summed E-state index contributed by atoms with van der Waals surface area (Å²) in [6.45, 7) is 4.73. The lowest BCUT2D eigenvalue weighted by molar-refractivity contribution is 0.280. The van der Waals surface area contributed by atoms with Gasteiger partial charge in [0.05, 0.1) is 13.2 Å². The Morgan fingerprint density at radius 1 is 1.24 bits per heavy atom. The summed E-state index contributed by atoms with van der Waals surface area (Å²) in [5.74, 6) is 0.820. The molecule has 2 nitrogen and oxygen atoms in total. The maximum atomic E-state index is 9.25. The van der Waals surface area contributed by atoms with Crippen LogP contribution in [0, 0.1) is 6.92 Å². The number of aryl methyl sites for hydroxylation is 1. The zero-order valence-electron chi connectivity index (χ0n) is 10.1. The molecule has 0 atom stereocenters. The molecule has 0 aliphatic heterocycles. The molecule has 0 bridgehead atoms. The Balaban J connectivity index is 2.42. The van der Waals surface area contributed by atoms with Gasteiger partial charge in [0.25, 0.3) is 0 Å². The Morgan fingerprint density at radius 2 is 2.06 bits per heavy atom. The molecule has 17 heavy (non-hydrogen) atoms. The fourth-order valence-corrected chi connectivity index (χ4v) is 2.59. The van der Waals surface area contributed by atoms with Crippen LogP contribution in [0.2, 0.25) is 0 Å². The van der Waals surface area contributed by atoms with Crippen molar-refractivity contribution < 1.29 is 9.84 Å². The van der Waals surface area contributed by atoms with Gasteiger partial charge in [0, 0.05) is 9.75 Å². The van der Waals surface area contributed by atoms with Gasteiger partial charge in [-0.05, 0) is 55.3 Å². The molecule has 0 radical (unpaired) electrons. The van der Waals surface area contributed by atoms with Crippen LogP contribution in [0.4, 0.5) is 0 Å². The SMILES string of the molecule is CCOc1cc(CO)cc(-c2ccc(C)s2)c1. The number of aliphatic hydroxyl groups excluding tert-OH is 1. The molecule has 0 saturated carbocycles. The predicted octanol–water partition coefficient (Wildman–Crippen LogP) is 3.61. The van der Waals surface area contributed by atoms with E-state index in [4.69, 9.17) is 4.74 Å². The fourth-order valence-electron chi connectivity index (χ4n) is 1.73. The zero-order chi connectivity index (χ0) is 12.3. The smallest absolute Gasteiger partial charge is 0.120 e. The van der Waals surface area contributed by atoms with Crippen LogP contribution < -0.4 is 4.74 Å². The second-order valence-corrected chi connectivity index (χ2v) is 5.15. The first-order valence-corrected chi connectivity index (χ1v) is 6.49. The van der Waals surface area contributed by atoms with Crippen molar-refractivity contribution in [3.05, 3.63) is 40.8 Å². The van der Waals surface area contributed by atoms with Crippen molar-refractivity contribution in [3.8, 4) is 16.2 Å². The van der Waals surface area contributed by atoms with E-state index in [1.165, 1.54) is 9.75 Å². The van der Waals surface area contributed by atoms with E-state index in [0.717, 1.165) is 16.9 Å². The first-order valence-electron chi connectivity index (χ1n) is 5.67. The number of aliphatic hydroxyl groups is 1. The predicted molar refractivity (Wildman–Crippen MR) is 71.6 cm³/mol. The molecule has 1 N–H and O–H groups in total. The number of benzene rings is 1. The third-order valence-corrected chi connectivity index (χ3v) is 3.53. The van der Waals surface area contributed by atoms with E-state index in [0.29, 0.717) is 6.61 Å². The van der Waals surface area contributed by atoms with Crippen molar-refractivity contribution in [2.45, 2.75) is 20.5 Å².